The molecule has 0 fully saturated rings. The summed E-state index contributed by atoms with van der Waals surface area (Å²) in [6.07, 6.45) is 17.8. The van der Waals surface area contributed by atoms with Gasteiger partial charge in [0.2, 0.25) is 0 Å². The Morgan fingerprint density at radius 2 is 0.636 bits per heavy atom. The van der Waals surface area contributed by atoms with Crippen molar-refractivity contribution in [1.29, 1.82) is 0 Å². The maximum atomic E-state index is 6.37. The van der Waals surface area contributed by atoms with E-state index in [0.717, 1.165) is 116 Å². The minimum Gasteiger partial charge on any atom is -0.327 e. The zero-order valence-electron chi connectivity index (χ0n) is 29.7. The molecule has 0 radical (unpaired) electrons. The molecule has 6 heteroatoms. The second-order valence-electron chi connectivity index (χ2n) is 12.1. The Morgan fingerprint density at radius 3 is 0.864 bits per heavy atom. The van der Waals surface area contributed by atoms with Crippen molar-refractivity contribution in [2.75, 3.05) is 39.6 Å². The largest absolute Gasteiger partial charge is 0.327 e. The van der Waals surface area contributed by atoms with Gasteiger partial charge < -0.3 is 28.4 Å². The minimum atomic E-state index is -0.949. The average Bonchev–Trinajstić information content (AvgIpc) is 3.02. The van der Waals surface area contributed by atoms with Gasteiger partial charge in [-0.2, -0.15) is 0 Å². The van der Waals surface area contributed by atoms with Gasteiger partial charge in [-0.25, -0.2) is 0 Å². The van der Waals surface area contributed by atoms with Crippen LogP contribution in [0, 0.1) is 0 Å². The van der Waals surface area contributed by atoms with Crippen LogP contribution in [0.2, 0.25) is 0 Å². The molecule has 6 nitrogen and oxygen atoms in total. The molecule has 0 amide bonds. The molecular weight excluding hydrogens is 552 g/mol. The lowest BCUT2D eigenvalue weighted by molar-refractivity contribution is -0.384. The van der Waals surface area contributed by atoms with Crippen LogP contribution in [0.4, 0.5) is 0 Å². The van der Waals surface area contributed by atoms with E-state index < -0.39 is 11.9 Å². The van der Waals surface area contributed by atoms with Crippen LogP contribution >= 0.6 is 0 Å². The van der Waals surface area contributed by atoms with Crippen LogP contribution in [0.5, 0.6) is 0 Å². The predicted molar refractivity (Wildman–Crippen MR) is 183 cm³/mol. The summed E-state index contributed by atoms with van der Waals surface area (Å²) in [5.41, 5.74) is 2.77. The lowest BCUT2D eigenvalue weighted by atomic mass is 9.97. The molecule has 0 saturated carbocycles. The zero-order valence-corrected chi connectivity index (χ0v) is 29.7. The highest BCUT2D eigenvalue weighted by Crippen LogP contribution is 2.28. The third-order valence-corrected chi connectivity index (χ3v) is 7.90. The summed E-state index contributed by atoms with van der Waals surface area (Å²) in [7, 11) is 0. The topological polar surface area (TPSA) is 55.4 Å². The second kappa shape index (κ2) is 27.1. The van der Waals surface area contributed by atoms with Gasteiger partial charge in [0.25, 0.3) is 11.9 Å². The minimum absolute atomic E-state index is 0.661. The van der Waals surface area contributed by atoms with E-state index in [1.165, 1.54) is 11.1 Å². The van der Waals surface area contributed by atoms with E-state index in [1.807, 2.05) is 0 Å². The fourth-order valence-corrected chi connectivity index (χ4v) is 4.95. The SMILES string of the molecule is CCCCOC(CCCc1ccccc1CCCC(OCCCC)(OCCCC)OCCCC)(OCCCC)OCCCC. The molecule has 258 valence electrons. The first kappa shape index (κ1) is 41.0. The van der Waals surface area contributed by atoms with Crippen LogP contribution in [0.25, 0.3) is 0 Å². The van der Waals surface area contributed by atoms with Gasteiger partial charge in [0.15, 0.2) is 0 Å². The van der Waals surface area contributed by atoms with Gasteiger partial charge in [-0.05, 0) is 75.3 Å². The van der Waals surface area contributed by atoms with Gasteiger partial charge in [-0.15, -0.1) is 0 Å². The number of benzene rings is 1. The first-order valence-corrected chi connectivity index (χ1v) is 18.4. The zero-order chi connectivity index (χ0) is 32.2. The summed E-state index contributed by atoms with van der Waals surface area (Å²) in [5, 5.41) is 0. The molecule has 0 atom stereocenters. The number of hydrogen-bond acceptors (Lipinski definition) is 6. The summed E-state index contributed by atoms with van der Waals surface area (Å²) in [6, 6.07) is 8.84. The maximum Gasteiger partial charge on any atom is 0.282 e. The predicted octanol–water partition coefficient (Wildman–Crippen LogP) is 10.5. The van der Waals surface area contributed by atoms with Gasteiger partial charge >= 0.3 is 0 Å². The van der Waals surface area contributed by atoms with Crippen molar-refractivity contribution in [2.24, 2.45) is 0 Å². The number of unbranched alkanes of at least 4 members (excludes halogenated alkanes) is 6. The Labute approximate surface area is 272 Å². The van der Waals surface area contributed by atoms with Gasteiger partial charge in [0, 0.05) is 12.8 Å². The van der Waals surface area contributed by atoms with Crippen molar-refractivity contribution in [2.45, 2.75) is 169 Å². The van der Waals surface area contributed by atoms with Crippen LogP contribution in [0.3, 0.4) is 0 Å². The third kappa shape index (κ3) is 18.2. The molecule has 0 heterocycles. The highest BCUT2D eigenvalue weighted by molar-refractivity contribution is 5.27. The molecular formula is C38H70O6. The number of ether oxygens (including phenoxy) is 6. The lowest BCUT2D eigenvalue weighted by Gasteiger charge is -2.34. The van der Waals surface area contributed by atoms with E-state index >= 15 is 0 Å². The molecule has 0 aliphatic rings. The third-order valence-electron chi connectivity index (χ3n) is 7.90. The molecule has 0 saturated heterocycles. The quantitative estimate of drug-likeness (QED) is 0.0588. The van der Waals surface area contributed by atoms with Gasteiger partial charge in [-0.1, -0.05) is 104 Å². The van der Waals surface area contributed by atoms with Crippen molar-refractivity contribution in [1.82, 2.24) is 0 Å². The summed E-state index contributed by atoms with van der Waals surface area (Å²) in [4.78, 5) is 0. The molecule has 0 bridgehead atoms. The van der Waals surface area contributed by atoms with E-state index in [1.54, 1.807) is 0 Å². The summed E-state index contributed by atoms with van der Waals surface area (Å²) in [6.45, 7) is 17.1. The Balaban J connectivity index is 2.95. The van der Waals surface area contributed by atoms with Crippen molar-refractivity contribution in [3.8, 4) is 0 Å². The highest BCUT2D eigenvalue weighted by Gasteiger charge is 2.34. The maximum absolute atomic E-state index is 6.37. The molecule has 1 aromatic rings. The first-order chi connectivity index (χ1) is 21.5. The van der Waals surface area contributed by atoms with Gasteiger partial charge in [-0.3, -0.25) is 0 Å². The van der Waals surface area contributed by atoms with E-state index in [9.17, 15) is 0 Å². The van der Waals surface area contributed by atoms with E-state index in [0.29, 0.717) is 39.6 Å². The van der Waals surface area contributed by atoms with Gasteiger partial charge in [0.1, 0.15) is 0 Å². The van der Waals surface area contributed by atoms with E-state index in [2.05, 4.69) is 65.8 Å². The van der Waals surface area contributed by atoms with Crippen molar-refractivity contribution < 1.29 is 28.4 Å². The van der Waals surface area contributed by atoms with E-state index in [4.69, 9.17) is 28.4 Å². The normalized spacial score (nSPS) is 12.3. The Morgan fingerprint density at radius 1 is 0.386 bits per heavy atom. The molecule has 1 aromatic carbocycles. The molecule has 0 spiro atoms. The smallest absolute Gasteiger partial charge is 0.282 e. The Hall–Kier alpha value is -1.02. The second-order valence-corrected chi connectivity index (χ2v) is 12.1. The fraction of sp³-hybridized carbons (Fsp3) is 0.842. The number of aryl methyl sites for hydroxylation is 2. The van der Waals surface area contributed by atoms with Crippen LogP contribution in [-0.4, -0.2) is 51.6 Å². The summed E-state index contributed by atoms with van der Waals surface area (Å²) < 4.78 is 38.2. The highest BCUT2D eigenvalue weighted by atomic mass is 16.9. The molecule has 44 heavy (non-hydrogen) atoms. The van der Waals surface area contributed by atoms with Crippen molar-refractivity contribution in [3.63, 3.8) is 0 Å². The summed E-state index contributed by atoms with van der Waals surface area (Å²) >= 11 is 0. The Bertz CT molecular complexity index is 653. The monoisotopic (exact) mass is 623 g/mol. The van der Waals surface area contributed by atoms with Crippen molar-refractivity contribution in [3.05, 3.63) is 35.4 Å². The molecule has 0 aliphatic carbocycles. The van der Waals surface area contributed by atoms with Crippen molar-refractivity contribution >= 4 is 0 Å². The number of rotatable bonds is 32. The molecule has 0 aromatic heterocycles. The molecule has 1 rings (SSSR count). The Kier molecular flexibility index (Phi) is 25.3. The fourth-order valence-electron chi connectivity index (χ4n) is 4.95. The summed E-state index contributed by atoms with van der Waals surface area (Å²) in [5.74, 6) is -1.90. The van der Waals surface area contributed by atoms with Crippen LogP contribution in [0.15, 0.2) is 24.3 Å². The molecule has 0 aliphatic heterocycles. The molecule has 0 N–H and O–H groups in total. The van der Waals surface area contributed by atoms with Gasteiger partial charge in [0.05, 0.1) is 39.6 Å². The first-order valence-electron chi connectivity index (χ1n) is 18.4. The van der Waals surface area contributed by atoms with Crippen LogP contribution in [-0.2, 0) is 41.3 Å². The average molecular weight is 623 g/mol. The lowest BCUT2D eigenvalue weighted by Crippen LogP contribution is -2.40. The standard InChI is InChI=1S/C38H70O6/c1-7-13-29-39-37(40-30-14-8-2,41-31-15-9-3)27-21-25-35-23-19-20-24-36(35)26-22-28-38(42-32-16-10-4,43-33-17-11-5)44-34-18-12-6/h19-20,23-24H,7-18,21-22,25-34H2,1-6H3. The van der Waals surface area contributed by atoms with Crippen LogP contribution in [0.1, 0.15) is 155 Å². The van der Waals surface area contributed by atoms with Crippen LogP contribution < -0.4 is 0 Å². The number of hydrogen-bond donors (Lipinski definition) is 0. The van der Waals surface area contributed by atoms with E-state index in [-0.39, 0.29) is 0 Å². The molecule has 0 unspecified atom stereocenters.